The monoisotopic (exact) mass is 282 g/mol. The lowest BCUT2D eigenvalue weighted by atomic mass is 9.87. The Hall–Kier alpha value is -1.10. The van der Waals surface area contributed by atoms with Gasteiger partial charge in [-0.15, -0.1) is 0 Å². The van der Waals surface area contributed by atoms with E-state index in [2.05, 4.69) is 5.32 Å². The molecule has 1 heterocycles. The third kappa shape index (κ3) is 3.72. The number of carbonyl (C=O) groups is 2. The van der Waals surface area contributed by atoms with E-state index in [9.17, 15) is 14.7 Å². The van der Waals surface area contributed by atoms with Gasteiger partial charge in [-0.2, -0.15) is 0 Å². The summed E-state index contributed by atoms with van der Waals surface area (Å²) in [6.07, 6.45) is 5.62. The molecular formula is C15H26N2O3. The van der Waals surface area contributed by atoms with Crippen LogP contribution in [-0.2, 0) is 9.59 Å². The summed E-state index contributed by atoms with van der Waals surface area (Å²) in [4.78, 5) is 25.7. The molecule has 1 saturated carbocycles. The van der Waals surface area contributed by atoms with Crippen LogP contribution in [0.1, 0.15) is 51.9 Å². The molecule has 0 aromatic heterocycles. The summed E-state index contributed by atoms with van der Waals surface area (Å²) in [5, 5.41) is 12.6. The third-order valence-corrected chi connectivity index (χ3v) is 4.50. The van der Waals surface area contributed by atoms with Crippen molar-refractivity contribution in [2.75, 3.05) is 13.1 Å². The number of amides is 2. The lowest BCUT2D eigenvalue weighted by molar-refractivity contribution is -0.137. The molecule has 0 aromatic carbocycles. The van der Waals surface area contributed by atoms with Gasteiger partial charge in [-0.3, -0.25) is 9.59 Å². The first-order valence-electron chi connectivity index (χ1n) is 7.87. The van der Waals surface area contributed by atoms with Crippen LogP contribution in [0.25, 0.3) is 0 Å². The van der Waals surface area contributed by atoms with E-state index in [1.54, 1.807) is 4.90 Å². The number of nitrogens with zero attached hydrogens (tertiary/aromatic N) is 1. The predicted octanol–water partition coefficient (Wildman–Crippen LogP) is 1.05. The van der Waals surface area contributed by atoms with Gasteiger partial charge in [0, 0.05) is 19.5 Å². The van der Waals surface area contributed by atoms with Crippen LogP contribution in [0.15, 0.2) is 0 Å². The molecule has 1 saturated heterocycles. The molecule has 1 aliphatic heterocycles. The van der Waals surface area contributed by atoms with E-state index >= 15 is 0 Å². The van der Waals surface area contributed by atoms with Crippen molar-refractivity contribution in [3.05, 3.63) is 0 Å². The highest BCUT2D eigenvalue weighted by Gasteiger charge is 2.31. The zero-order chi connectivity index (χ0) is 14.5. The number of aliphatic hydroxyl groups is 1. The molecule has 20 heavy (non-hydrogen) atoms. The van der Waals surface area contributed by atoms with Crippen molar-refractivity contribution >= 4 is 11.8 Å². The van der Waals surface area contributed by atoms with Gasteiger partial charge in [0.2, 0.25) is 11.8 Å². The highest BCUT2D eigenvalue weighted by atomic mass is 16.3. The summed E-state index contributed by atoms with van der Waals surface area (Å²) in [5.41, 5.74) is 0. The largest absolute Gasteiger partial charge is 0.393 e. The summed E-state index contributed by atoms with van der Waals surface area (Å²) in [6, 6.07) is -0.321. The van der Waals surface area contributed by atoms with E-state index in [0.717, 1.165) is 32.1 Å². The highest BCUT2D eigenvalue weighted by Crippen LogP contribution is 2.23. The summed E-state index contributed by atoms with van der Waals surface area (Å²) in [7, 11) is 0. The molecule has 3 atom stereocenters. The fourth-order valence-corrected chi connectivity index (χ4v) is 3.36. The average molecular weight is 282 g/mol. The van der Waals surface area contributed by atoms with E-state index in [-0.39, 0.29) is 24.0 Å². The van der Waals surface area contributed by atoms with Crippen LogP contribution in [0.2, 0.25) is 0 Å². The predicted molar refractivity (Wildman–Crippen MR) is 76.0 cm³/mol. The van der Waals surface area contributed by atoms with Gasteiger partial charge in [0.25, 0.3) is 0 Å². The summed E-state index contributed by atoms with van der Waals surface area (Å²) in [5.74, 6) is 0.428. The quantitative estimate of drug-likeness (QED) is 0.792. The van der Waals surface area contributed by atoms with Crippen LogP contribution in [0.4, 0.5) is 0 Å². The molecule has 2 amide bonds. The Balaban J connectivity index is 1.81. The van der Waals surface area contributed by atoms with E-state index in [0.29, 0.717) is 31.8 Å². The first-order chi connectivity index (χ1) is 9.61. The Morgan fingerprint density at radius 3 is 2.85 bits per heavy atom. The van der Waals surface area contributed by atoms with Crippen molar-refractivity contribution in [2.24, 2.45) is 5.92 Å². The van der Waals surface area contributed by atoms with Crippen LogP contribution in [0, 0.1) is 5.92 Å². The van der Waals surface area contributed by atoms with E-state index in [1.165, 1.54) is 0 Å². The Kier molecular flexibility index (Phi) is 5.40. The van der Waals surface area contributed by atoms with E-state index < -0.39 is 0 Å². The Morgan fingerprint density at radius 2 is 2.25 bits per heavy atom. The van der Waals surface area contributed by atoms with Gasteiger partial charge >= 0.3 is 0 Å². The van der Waals surface area contributed by atoms with Crippen molar-refractivity contribution in [2.45, 2.75) is 64.0 Å². The minimum Gasteiger partial charge on any atom is -0.393 e. The van der Waals surface area contributed by atoms with Crippen LogP contribution in [-0.4, -0.2) is 47.1 Å². The highest BCUT2D eigenvalue weighted by molar-refractivity contribution is 5.88. The second-order valence-electron chi connectivity index (χ2n) is 6.05. The zero-order valence-electron chi connectivity index (χ0n) is 12.3. The molecular weight excluding hydrogens is 256 g/mol. The number of aliphatic hydroxyl groups excluding tert-OH is 1. The topological polar surface area (TPSA) is 69.6 Å². The minimum atomic E-state index is -0.321. The van der Waals surface area contributed by atoms with Gasteiger partial charge in [-0.05, 0) is 38.0 Å². The van der Waals surface area contributed by atoms with Crippen LogP contribution >= 0.6 is 0 Å². The normalized spacial score (nSPS) is 28.5. The summed E-state index contributed by atoms with van der Waals surface area (Å²) < 4.78 is 0. The van der Waals surface area contributed by atoms with Crippen molar-refractivity contribution < 1.29 is 14.7 Å². The molecule has 3 unspecified atom stereocenters. The first-order valence-corrected chi connectivity index (χ1v) is 7.87. The first kappa shape index (κ1) is 15.3. The molecule has 0 radical (unpaired) electrons. The van der Waals surface area contributed by atoms with E-state index in [4.69, 9.17) is 0 Å². The Bertz CT molecular complexity index is 359. The molecule has 2 aliphatic rings. The van der Waals surface area contributed by atoms with Crippen molar-refractivity contribution in [3.8, 4) is 0 Å². The summed E-state index contributed by atoms with van der Waals surface area (Å²) in [6.45, 7) is 3.27. The summed E-state index contributed by atoms with van der Waals surface area (Å²) >= 11 is 0. The Labute approximate surface area is 120 Å². The average Bonchev–Trinajstić information content (AvgIpc) is 2.84. The van der Waals surface area contributed by atoms with Gasteiger partial charge in [-0.1, -0.05) is 13.3 Å². The third-order valence-electron chi connectivity index (χ3n) is 4.50. The lowest BCUT2D eigenvalue weighted by Crippen LogP contribution is -2.48. The van der Waals surface area contributed by atoms with Gasteiger partial charge in [0.05, 0.1) is 6.10 Å². The van der Waals surface area contributed by atoms with Gasteiger partial charge in [0.15, 0.2) is 0 Å². The maximum atomic E-state index is 12.3. The number of likely N-dealkylation sites (tertiary alicyclic amines) is 1. The lowest BCUT2D eigenvalue weighted by Gasteiger charge is -2.29. The van der Waals surface area contributed by atoms with Gasteiger partial charge in [0.1, 0.15) is 6.04 Å². The van der Waals surface area contributed by atoms with Crippen molar-refractivity contribution in [3.63, 3.8) is 0 Å². The SMILES string of the molecule is CCC(C(=O)NCC1CCCC(O)C1)N1CCCC1=O. The number of rotatable bonds is 5. The molecule has 2 rings (SSSR count). The van der Waals surface area contributed by atoms with Crippen molar-refractivity contribution in [1.29, 1.82) is 0 Å². The molecule has 0 spiro atoms. The molecule has 2 fully saturated rings. The maximum Gasteiger partial charge on any atom is 0.242 e. The molecule has 114 valence electrons. The van der Waals surface area contributed by atoms with E-state index in [1.807, 2.05) is 6.92 Å². The number of carbonyl (C=O) groups excluding carboxylic acids is 2. The van der Waals surface area contributed by atoms with Crippen LogP contribution < -0.4 is 5.32 Å². The second-order valence-corrected chi connectivity index (χ2v) is 6.05. The number of hydrogen-bond donors (Lipinski definition) is 2. The van der Waals surface area contributed by atoms with Gasteiger partial charge < -0.3 is 15.3 Å². The minimum absolute atomic E-state index is 0.0391. The van der Waals surface area contributed by atoms with Gasteiger partial charge in [-0.25, -0.2) is 0 Å². The van der Waals surface area contributed by atoms with Crippen LogP contribution in [0.5, 0.6) is 0 Å². The zero-order valence-corrected chi connectivity index (χ0v) is 12.3. The molecule has 0 aromatic rings. The smallest absolute Gasteiger partial charge is 0.242 e. The fraction of sp³-hybridized carbons (Fsp3) is 0.867. The molecule has 5 nitrogen and oxygen atoms in total. The van der Waals surface area contributed by atoms with Crippen LogP contribution in [0.3, 0.4) is 0 Å². The maximum absolute atomic E-state index is 12.3. The fourth-order valence-electron chi connectivity index (χ4n) is 3.36. The Morgan fingerprint density at radius 1 is 1.45 bits per heavy atom. The number of hydrogen-bond acceptors (Lipinski definition) is 3. The molecule has 2 N–H and O–H groups in total. The second kappa shape index (κ2) is 7.07. The molecule has 0 bridgehead atoms. The molecule has 5 heteroatoms. The number of nitrogens with one attached hydrogen (secondary N) is 1. The van der Waals surface area contributed by atoms with Crippen molar-refractivity contribution in [1.82, 2.24) is 10.2 Å². The molecule has 1 aliphatic carbocycles. The standard InChI is InChI=1S/C15H26N2O3/c1-2-13(17-8-4-7-14(17)19)15(20)16-10-11-5-3-6-12(18)9-11/h11-13,18H,2-10H2,1H3,(H,16,20).